The van der Waals surface area contributed by atoms with Crippen LogP contribution in [-0.4, -0.2) is 34.7 Å². The van der Waals surface area contributed by atoms with Gasteiger partial charge < -0.3 is 15.5 Å². The van der Waals surface area contributed by atoms with Gasteiger partial charge >= 0.3 is 0 Å². The second-order valence-corrected chi connectivity index (χ2v) is 8.52. The molecule has 0 bridgehead atoms. The first-order valence-corrected chi connectivity index (χ1v) is 10.8. The van der Waals surface area contributed by atoms with E-state index in [1.54, 1.807) is 0 Å². The van der Waals surface area contributed by atoms with E-state index in [1.165, 1.54) is 44.1 Å². The van der Waals surface area contributed by atoms with Crippen molar-refractivity contribution in [2.24, 2.45) is 0 Å². The minimum atomic E-state index is 0.142. The SMILES string of the molecule is S=C(NCC1(c2ccccc2)CCCC1)Nc1nc(Cl)cc(N2CCCC2)n1. The quantitative estimate of drug-likeness (QED) is 0.552. The van der Waals surface area contributed by atoms with E-state index in [0.717, 1.165) is 25.5 Å². The minimum Gasteiger partial charge on any atom is -0.361 e. The molecule has 1 aromatic carbocycles. The summed E-state index contributed by atoms with van der Waals surface area (Å²) in [7, 11) is 0. The average Bonchev–Trinajstić information content (AvgIpc) is 3.40. The van der Waals surface area contributed by atoms with Crippen LogP contribution in [0, 0.1) is 0 Å². The summed E-state index contributed by atoms with van der Waals surface area (Å²) in [5.41, 5.74) is 1.53. The molecule has 2 heterocycles. The van der Waals surface area contributed by atoms with Crippen molar-refractivity contribution >= 4 is 40.7 Å². The number of anilines is 2. The normalized spacial score (nSPS) is 18.2. The summed E-state index contributed by atoms with van der Waals surface area (Å²) in [5.74, 6) is 1.31. The number of thiocarbonyl (C=S) groups is 1. The second kappa shape index (κ2) is 8.62. The average molecular weight is 416 g/mol. The van der Waals surface area contributed by atoms with Gasteiger partial charge in [-0.15, -0.1) is 0 Å². The van der Waals surface area contributed by atoms with E-state index in [2.05, 4.69) is 55.8 Å². The van der Waals surface area contributed by atoms with Gasteiger partial charge in [-0.25, -0.2) is 4.98 Å². The Labute approximate surface area is 176 Å². The van der Waals surface area contributed by atoms with E-state index in [1.807, 2.05) is 6.07 Å². The molecule has 2 aliphatic rings. The van der Waals surface area contributed by atoms with Gasteiger partial charge in [0, 0.05) is 31.1 Å². The summed E-state index contributed by atoms with van der Waals surface area (Å²) in [6, 6.07) is 12.6. The van der Waals surface area contributed by atoms with Crippen molar-refractivity contribution in [3.8, 4) is 0 Å². The molecule has 2 aromatic rings. The molecular formula is C21H26ClN5S. The predicted molar refractivity (Wildman–Crippen MR) is 119 cm³/mol. The summed E-state index contributed by atoms with van der Waals surface area (Å²) in [5, 5.41) is 7.50. The zero-order valence-corrected chi connectivity index (χ0v) is 17.5. The van der Waals surface area contributed by atoms with Crippen molar-refractivity contribution in [2.75, 3.05) is 29.9 Å². The van der Waals surface area contributed by atoms with Gasteiger partial charge in [0.05, 0.1) is 0 Å². The highest BCUT2D eigenvalue weighted by Crippen LogP contribution is 2.40. The van der Waals surface area contributed by atoms with E-state index in [0.29, 0.717) is 16.2 Å². The largest absolute Gasteiger partial charge is 0.361 e. The zero-order chi connectivity index (χ0) is 19.4. The molecule has 2 fully saturated rings. The Hall–Kier alpha value is -1.92. The highest BCUT2D eigenvalue weighted by molar-refractivity contribution is 7.80. The number of hydrogen-bond acceptors (Lipinski definition) is 4. The van der Waals surface area contributed by atoms with Gasteiger partial charge in [0.25, 0.3) is 0 Å². The van der Waals surface area contributed by atoms with Crippen molar-refractivity contribution in [1.82, 2.24) is 15.3 Å². The van der Waals surface area contributed by atoms with Crippen molar-refractivity contribution in [1.29, 1.82) is 0 Å². The Kier molecular flexibility index (Phi) is 5.97. The third-order valence-corrected chi connectivity index (χ3v) is 6.31. The topological polar surface area (TPSA) is 53.1 Å². The van der Waals surface area contributed by atoms with Crippen molar-refractivity contribution < 1.29 is 0 Å². The fourth-order valence-electron chi connectivity index (χ4n) is 4.38. The van der Waals surface area contributed by atoms with Crippen LogP contribution in [0.3, 0.4) is 0 Å². The molecular weight excluding hydrogens is 390 g/mol. The first-order valence-electron chi connectivity index (χ1n) is 10.0. The van der Waals surface area contributed by atoms with Gasteiger partial charge in [0.15, 0.2) is 5.11 Å². The van der Waals surface area contributed by atoms with Gasteiger partial charge in [-0.05, 0) is 43.5 Å². The smallest absolute Gasteiger partial charge is 0.232 e. The molecule has 1 saturated heterocycles. The first kappa shape index (κ1) is 19.4. The van der Waals surface area contributed by atoms with Gasteiger partial charge in [0.1, 0.15) is 11.0 Å². The highest BCUT2D eigenvalue weighted by Gasteiger charge is 2.35. The third-order valence-electron chi connectivity index (χ3n) is 5.87. The van der Waals surface area contributed by atoms with E-state index in [9.17, 15) is 0 Å². The minimum absolute atomic E-state index is 0.142. The Morgan fingerprint density at radius 2 is 1.79 bits per heavy atom. The number of aromatic nitrogens is 2. The summed E-state index contributed by atoms with van der Waals surface area (Å²) in [6.45, 7) is 2.83. The molecule has 28 heavy (non-hydrogen) atoms. The lowest BCUT2D eigenvalue weighted by Crippen LogP contribution is -2.41. The maximum atomic E-state index is 6.21. The molecule has 1 aliphatic heterocycles. The van der Waals surface area contributed by atoms with Crippen LogP contribution in [0.5, 0.6) is 0 Å². The maximum absolute atomic E-state index is 6.21. The van der Waals surface area contributed by atoms with Crippen LogP contribution in [0.1, 0.15) is 44.1 Å². The Balaban J connectivity index is 1.41. The van der Waals surface area contributed by atoms with Gasteiger partial charge in [-0.1, -0.05) is 54.8 Å². The summed E-state index contributed by atoms with van der Waals surface area (Å²) in [4.78, 5) is 11.1. The molecule has 0 atom stereocenters. The zero-order valence-electron chi connectivity index (χ0n) is 16.0. The van der Waals surface area contributed by atoms with E-state index in [4.69, 9.17) is 23.8 Å². The lowest BCUT2D eigenvalue weighted by atomic mass is 9.79. The summed E-state index contributed by atoms with van der Waals surface area (Å²) in [6.07, 6.45) is 7.25. The van der Waals surface area contributed by atoms with E-state index >= 15 is 0 Å². The molecule has 0 unspecified atom stereocenters. The molecule has 1 aliphatic carbocycles. The number of halogens is 1. The lowest BCUT2D eigenvalue weighted by molar-refractivity contribution is 0.435. The molecule has 1 saturated carbocycles. The summed E-state index contributed by atoms with van der Waals surface area (Å²) < 4.78 is 0. The van der Waals surface area contributed by atoms with Crippen LogP contribution < -0.4 is 15.5 Å². The fraction of sp³-hybridized carbons (Fsp3) is 0.476. The lowest BCUT2D eigenvalue weighted by Gasteiger charge is -2.30. The van der Waals surface area contributed by atoms with Crippen molar-refractivity contribution in [2.45, 2.75) is 43.9 Å². The molecule has 4 rings (SSSR count). The molecule has 5 nitrogen and oxygen atoms in total. The van der Waals surface area contributed by atoms with Crippen LogP contribution in [0.2, 0.25) is 5.15 Å². The molecule has 7 heteroatoms. The highest BCUT2D eigenvalue weighted by atomic mass is 35.5. The van der Waals surface area contributed by atoms with E-state index < -0.39 is 0 Å². The van der Waals surface area contributed by atoms with Gasteiger partial charge in [-0.2, -0.15) is 4.98 Å². The molecule has 0 amide bonds. The van der Waals surface area contributed by atoms with E-state index in [-0.39, 0.29) is 5.41 Å². The predicted octanol–water partition coefficient (Wildman–Crippen LogP) is 4.53. The van der Waals surface area contributed by atoms with Crippen LogP contribution in [0.25, 0.3) is 0 Å². The Morgan fingerprint density at radius 1 is 1.07 bits per heavy atom. The van der Waals surface area contributed by atoms with Crippen molar-refractivity contribution in [3.63, 3.8) is 0 Å². The van der Waals surface area contributed by atoms with Crippen molar-refractivity contribution in [3.05, 3.63) is 47.1 Å². The van der Waals surface area contributed by atoms with Crippen LogP contribution in [0.4, 0.5) is 11.8 Å². The van der Waals surface area contributed by atoms with Crippen LogP contribution >= 0.6 is 23.8 Å². The first-order chi connectivity index (χ1) is 13.6. The van der Waals surface area contributed by atoms with Gasteiger partial charge in [0.2, 0.25) is 5.95 Å². The molecule has 0 radical (unpaired) electrons. The molecule has 148 valence electrons. The number of nitrogens with one attached hydrogen (secondary N) is 2. The molecule has 0 spiro atoms. The number of benzene rings is 1. The van der Waals surface area contributed by atoms with Crippen LogP contribution in [0.15, 0.2) is 36.4 Å². The number of rotatable bonds is 5. The van der Waals surface area contributed by atoms with Crippen LogP contribution in [-0.2, 0) is 5.41 Å². The second-order valence-electron chi connectivity index (χ2n) is 7.73. The molecule has 2 N–H and O–H groups in total. The standard InChI is InChI=1S/C21H26ClN5S/c22-17-14-18(27-12-6-7-13-27)25-19(24-17)26-20(28)23-15-21(10-4-5-11-21)16-8-2-1-3-9-16/h1-3,8-9,14H,4-7,10-13,15H2,(H2,23,24,25,26,28). The third kappa shape index (κ3) is 4.39. The number of nitrogens with zero attached hydrogens (tertiary/aromatic N) is 3. The summed E-state index contributed by atoms with van der Waals surface area (Å²) >= 11 is 11.7. The van der Waals surface area contributed by atoms with Gasteiger partial charge in [-0.3, -0.25) is 0 Å². The fourth-order valence-corrected chi connectivity index (χ4v) is 4.72. The Bertz CT molecular complexity index is 817. The Morgan fingerprint density at radius 3 is 2.50 bits per heavy atom. The maximum Gasteiger partial charge on any atom is 0.232 e. The monoisotopic (exact) mass is 415 g/mol. The number of hydrogen-bond donors (Lipinski definition) is 2. The molecule has 1 aromatic heterocycles.